The van der Waals surface area contributed by atoms with Crippen LogP contribution in [0, 0.1) is 0 Å². The number of ether oxygens (including phenoxy) is 1. The maximum atomic E-state index is 13.0. The van der Waals surface area contributed by atoms with E-state index in [0.29, 0.717) is 23.9 Å². The van der Waals surface area contributed by atoms with E-state index in [4.69, 9.17) is 4.74 Å². The predicted octanol–water partition coefficient (Wildman–Crippen LogP) is 4.06. The van der Waals surface area contributed by atoms with Crippen LogP contribution >= 0.6 is 0 Å². The van der Waals surface area contributed by atoms with Crippen molar-refractivity contribution < 1.29 is 9.53 Å². The average molecular weight is 360 g/mol. The zero-order valence-electron chi connectivity index (χ0n) is 15.0. The van der Waals surface area contributed by atoms with Crippen molar-refractivity contribution in [1.29, 1.82) is 0 Å². The molecule has 27 heavy (non-hydrogen) atoms. The van der Waals surface area contributed by atoms with Crippen molar-refractivity contribution in [3.05, 3.63) is 85.2 Å². The van der Waals surface area contributed by atoms with Crippen LogP contribution in [0.25, 0.3) is 0 Å². The number of para-hydroxylation sites is 1. The Kier molecular flexibility index (Phi) is 5.79. The third-order valence-corrected chi connectivity index (χ3v) is 3.83. The molecule has 1 heterocycles. The summed E-state index contributed by atoms with van der Waals surface area (Å²) in [6.45, 7) is 4.12. The molecule has 0 saturated carbocycles. The SMILES string of the molecule is C=CCN(C(=O)c1ccnc(Nc2cccc(OC)c2)n1)c1ccccc1. The minimum absolute atomic E-state index is 0.225. The fraction of sp³-hybridized carbons (Fsp3) is 0.0952. The van der Waals surface area contributed by atoms with Crippen molar-refractivity contribution in [3.63, 3.8) is 0 Å². The molecule has 1 amide bonds. The quantitative estimate of drug-likeness (QED) is 0.644. The number of carbonyl (C=O) groups is 1. The summed E-state index contributed by atoms with van der Waals surface area (Å²) in [5.41, 5.74) is 1.84. The van der Waals surface area contributed by atoms with Gasteiger partial charge in [-0.3, -0.25) is 4.79 Å². The second kappa shape index (κ2) is 8.62. The number of hydrogen-bond donors (Lipinski definition) is 1. The van der Waals surface area contributed by atoms with E-state index in [2.05, 4.69) is 21.9 Å². The molecule has 0 aliphatic rings. The Morgan fingerprint density at radius 2 is 2.00 bits per heavy atom. The molecule has 0 fully saturated rings. The number of methoxy groups -OCH3 is 1. The summed E-state index contributed by atoms with van der Waals surface area (Å²) >= 11 is 0. The Balaban J connectivity index is 1.85. The van der Waals surface area contributed by atoms with Crippen molar-refractivity contribution in [2.24, 2.45) is 0 Å². The summed E-state index contributed by atoms with van der Waals surface area (Å²) in [5, 5.41) is 3.09. The largest absolute Gasteiger partial charge is 0.497 e. The fourth-order valence-electron chi connectivity index (χ4n) is 2.55. The number of benzene rings is 2. The zero-order valence-corrected chi connectivity index (χ0v) is 15.0. The lowest BCUT2D eigenvalue weighted by atomic mass is 10.2. The van der Waals surface area contributed by atoms with E-state index in [1.807, 2.05) is 54.6 Å². The molecule has 6 heteroatoms. The van der Waals surface area contributed by atoms with E-state index in [0.717, 1.165) is 11.4 Å². The summed E-state index contributed by atoms with van der Waals surface area (Å²) < 4.78 is 5.21. The van der Waals surface area contributed by atoms with E-state index in [1.165, 1.54) is 0 Å². The molecule has 1 aromatic heterocycles. The molecule has 0 atom stereocenters. The van der Waals surface area contributed by atoms with Crippen LogP contribution < -0.4 is 15.0 Å². The highest BCUT2D eigenvalue weighted by molar-refractivity contribution is 6.05. The maximum absolute atomic E-state index is 13.0. The number of nitrogens with zero attached hydrogens (tertiary/aromatic N) is 3. The van der Waals surface area contributed by atoms with Gasteiger partial charge in [-0.05, 0) is 30.3 Å². The molecule has 6 nitrogen and oxygen atoms in total. The number of amides is 1. The first-order valence-electron chi connectivity index (χ1n) is 8.43. The van der Waals surface area contributed by atoms with E-state index < -0.39 is 0 Å². The molecule has 1 N–H and O–H groups in total. The number of rotatable bonds is 7. The lowest BCUT2D eigenvalue weighted by Crippen LogP contribution is -2.31. The number of nitrogens with one attached hydrogen (secondary N) is 1. The molecule has 0 aliphatic carbocycles. The topological polar surface area (TPSA) is 67.4 Å². The number of hydrogen-bond acceptors (Lipinski definition) is 5. The highest BCUT2D eigenvalue weighted by Crippen LogP contribution is 2.20. The van der Waals surface area contributed by atoms with E-state index in [9.17, 15) is 4.79 Å². The third kappa shape index (κ3) is 4.49. The highest BCUT2D eigenvalue weighted by Gasteiger charge is 2.18. The second-order valence-electron chi connectivity index (χ2n) is 5.66. The third-order valence-electron chi connectivity index (χ3n) is 3.83. The van der Waals surface area contributed by atoms with Crippen LogP contribution in [0.1, 0.15) is 10.5 Å². The molecule has 2 aromatic carbocycles. The van der Waals surface area contributed by atoms with Gasteiger partial charge in [0.15, 0.2) is 0 Å². The Hall–Kier alpha value is -3.67. The predicted molar refractivity (Wildman–Crippen MR) is 107 cm³/mol. The van der Waals surface area contributed by atoms with Gasteiger partial charge in [-0.25, -0.2) is 9.97 Å². The summed E-state index contributed by atoms with van der Waals surface area (Å²) in [6, 6.07) is 18.4. The Labute approximate surface area is 158 Å². The fourth-order valence-corrected chi connectivity index (χ4v) is 2.55. The Morgan fingerprint density at radius 1 is 1.19 bits per heavy atom. The molecular weight excluding hydrogens is 340 g/mol. The number of aromatic nitrogens is 2. The Bertz CT molecular complexity index is 928. The van der Waals surface area contributed by atoms with Gasteiger partial charge in [0.2, 0.25) is 5.95 Å². The molecule has 0 unspecified atom stereocenters. The summed E-state index contributed by atoms with van der Waals surface area (Å²) in [6.07, 6.45) is 3.24. The van der Waals surface area contributed by atoms with Gasteiger partial charge in [-0.2, -0.15) is 0 Å². The highest BCUT2D eigenvalue weighted by atomic mass is 16.5. The first-order chi connectivity index (χ1) is 13.2. The first kappa shape index (κ1) is 18.1. The summed E-state index contributed by atoms with van der Waals surface area (Å²) in [7, 11) is 1.60. The zero-order chi connectivity index (χ0) is 19.1. The van der Waals surface area contributed by atoms with Gasteiger partial charge in [-0.15, -0.1) is 6.58 Å². The molecular formula is C21H20N4O2. The smallest absolute Gasteiger partial charge is 0.277 e. The van der Waals surface area contributed by atoms with Crippen LogP contribution in [-0.4, -0.2) is 29.5 Å². The van der Waals surface area contributed by atoms with Crippen LogP contribution in [0.3, 0.4) is 0 Å². The van der Waals surface area contributed by atoms with Crippen molar-refractivity contribution in [1.82, 2.24) is 9.97 Å². The monoisotopic (exact) mass is 360 g/mol. The van der Waals surface area contributed by atoms with Gasteiger partial charge in [0.1, 0.15) is 11.4 Å². The maximum Gasteiger partial charge on any atom is 0.277 e. The van der Waals surface area contributed by atoms with Gasteiger partial charge < -0.3 is 15.0 Å². The molecule has 136 valence electrons. The number of carbonyl (C=O) groups excluding carboxylic acids is 1. The van der Waals surface area contributed by atoms with E-state index >= 15 is 0 Å². The van der Waals surface area contributed by atoms with Crippen molar-refractivity contribution in [3.8, 4) is 5.75 Å². The molecule has 0 bridgehead atoms. The van der Waals surface area contributed by atoms with Crippen LogP contribution in [0.5, 0.6) is 5.75 Å². The molecule has 3 aromatic rings. The molecule has 3 rings (SSSR count). The van der Waals surface area contributed by atoms with Crippen molar-refractivity contribution in [2.45, 2.75) is 0 Å². The number of anilines is 3. The molecule has 0 spiro atoms. The van der Waals surface area contributed by atoms with Crippen LogP contribution in [0.4, 0.5) is 17.3 Å². The lowest BCUT2D eigenvalue weighted by molar-refractivity contribution is 0.0985. The molecule has 0 saturated heterocycles. The van der Waals surface area contributed by atoms with Crippen molar-refractivity contribution in [2.75, 3.05) is 23.9 Å². The minimum atomic E-state index is -0.225. The van der Waals surface area contributed by atoms with Gasteiger partial charge in [0, 0.05) is 30.2 Å². The standard InChI is InChI=1S/C21H20N4O2/c1-3-14-25(17-9-5-4-6-10-17)20(26)19-12-13-22-21(24-19)23-16-8-7-11-18(15-16)27-2/h3-13,15H,1,14H2,2H3,(H,22,23,24). The molecule has 0 aliphatic heterocycles. The van der Waals surface area contributed by atoms with Gasteiger partial charge >= 0.3 is 0 Å². The normalized spacial score (nSPS) is 10.1. The van der Waals surface area contributed by atoms with Gasteiger partial charge in [0.05, 0.1) is 7.11 Å². The van der Waals surface area contributed by atoms with Crippen molar-refractivity contribution >= 4 is 23.2 Å². The van der Waals surface area contributed by atoms with Gasteiger partial charge in [0.25, 0.3) is 5.91 Å². The first-order valence-corrected chi connectivity index (χ1v) is 8.43. The summed E-state index contributed by atoms with van der Waals surface area (Å²) in [5.74, 6) is 0.825. The van der Waals surface area contributed by atoms with Crippen LogP contribution in [0.2, 0.25) is 0 Å². The average Bonchev–Trinajstić information content (AvgIpc) is 2.72. The van der Waals surface area contributed by atoms with E-state index in [1.54, 1.807) is 30.3 Å². The Morgan fingerprint density at radius 3 is 2.74 bits per heavy atom. The van der Waals surface area contributed by atoms with Crippen LogP contribution in [-0.2, 0) is 0 Å². The lowest BCUT2D eigenvalue weighted by Gasteiger charge is -2.21. The van der Waals surface area contributed by atoms with E-state index in [-0.39, 0.29) is 5.91 Å². The molecule has 0 radical (unpaired) electrons. The van der Waals surface area contributed by atoms with Gasteiger partial charge in [-0.1, -0.05) is 30.3 Å². The second-order valence-corrected chi connectivity index (χ2v) is 5.66. The summed E-state index contributed by atoms with van der Waals surface area (Å²) in [4.78, 5) is 23.2. The minimum Gasteiger partial charge on any atom is -0.497 e. The van der Waals surface area contributed by atoms with Crippen LogP contribution in [0.15, 0.2) is 79.5 Å².